The highest BCUT2D eigenvalue weighted by atomic mass is 19.4. The molecule has 5 rings (SSSR count). The van der Waals surface area contributed by atoms with Gasteiger partial charge in [-0.3, -0.25) is 9.69 Å². The molecule has 0 atom stereocenters. The first kappa shape index (κ1) is 22.4. The number of pyridine rings is 1. The number of rotatable bonds is 2. The van der Waals surface area contributed by atoms with Crippen LogP contribution in [-0.4, -0.2) is 42.2 Å². The summed E-state index contributed by atoms with van der Waals surface area (Å²) in [5.74, 6) is -0.774. The number of H-pyrrole nitrogens is 1. The van der Waals surface area contributed by atoms with E-state index in [0.717, 1.165) is 6.07 Å². The van der Waals surface area contributed by atoms with Crippen molar-refractivity contribution in [3.05, 3.63) is 64.4 Å². The van der Waals surface area contributed by atoms with Gasteiger partial charge in [-0.05, 0) is 43.5 Å². The SMILES string of the molecule is CC1(C)OCC2(CO1)CN(c1ccc3cc(-c4ccccc4C(F)(F)F)[nH]c(=O)c3c1)C(=O)O2. The average molecular weight is 474 g/mol. The molecule has 1 aromatic heterocycles. The maximum Gasteiger partial charge on any atom is 0.417 e. The predicted molar refractivity (Wildman–Crippen MR) is 118 cm³/mol. The molecular weight excluding hydrogens is 453 g/mol. The van der Waals surface area contributed by atoms with Gasteiger partial charge in [0.1, 0.15) is 0 Å². The third kappa shape index (κ3) is 3.92. The minimum atomic E-state index is -4.57. The summed E-state index contributed by atoms with van der Waals surface area (Å²) >= 11 is 0. The van der Waals surface area contributed by atoms with Crippen molar-refractivity contribution in [2.45, 2.75) is 31.4 Å². The number of nitrogens with one attached hydrogen (secondary N) is 1. The fraction of sp³-hybridized carbons (Fsp3) is 0.333. The smallest absolute Gasteiger partial charge is 0.417 e. The van der Waals surface area contributed by atoms with E-state index in [1.54, 1.807) is 26.0 Å². The van der Waals surface area contributed by atoms with Gasteiger partial charge < -0.3 is 19.2 Å². The van der Waals surface area contributed by atoms with Gasteiger partial charge in [0.15, 0.2) is 11.4 Å². The lowest BCUT2D eigenvalue weighted by molar-refractivity contribution is -0.292. The monoisotopic (exact) mass is 474 g/mol. The van der Waals surface area contributed by atoms with Crippen LogP contribution in [0.1, 0.15) is 19.4 Å². The third-order valence-corrected chi connectivity index (χ3v) is 6.00. The van der Waals surface area contributed by atoms with Gasteiger partial charge in [0.25, 0.3) is 5.56 Å². The number of aromatic amines is 1. The number of benzene rings is 2. The number of nitrogens with zero attached hydrogens (tertiary/aromatic N) is 1. The summed E-state index contributed by atoms with van der Waals surface area (Å²) in [6, 6.07) is 11.3. The summed E-state index contributed by atoms with van der Waals surface area (Å²) in [7, 11) is 0. The van der Waals surface area contributed by atoms with E-state index in [1.165, 1.54) is 35.2 Å². The fourth-order valence-electron chi connectivity index (χ4n) is 4.19. The lowest BCUT2D eigenvalue weighted by Gasteiger charge is -2.39. The van der Waals surface area contributed by atoms with Crippen molar-refractivity contribution in [2.75, 3.05) is 24.7 Å². The van der Waals surface area contributed by atoms with Gasteiger partial charge in [0.2, 0.25) is 0 Å². The first-order valence-electron chi connectivity index (χ1n) is 10.6. The molecule has 2 aromatic carbocycles. The van der Waals surface area contributed by atoms with Gasteiger partial charge in [0.05, 0.1) is 25.3 Å². The Balaban J connectivity index is 1.49. The minimum Gasteiger partial charge on any atom is -0.436 e. The van der Waals surface area contributed by atoms with E-state index in [-0.39, 0.29) is 36.4 Å². The van der Waals surface area contributed by atoms with Crippen molar-refractivity contribution in [1.29, 1.82) is 0 Å². The minimum absolute atomic E-state index is 0.0526. The molecule has 2 aliphatic rings. The van der Waals surface area contributed by atoms with Crippen molar-refractivity contribution in [2.24, 2.45) is 0 Å². The van der Waals surface area contributed by atoms with E-state index in [0.29, 0.717) is 11.1 Å². The molecule has 34 heavy (non-hydrogen) atoms. The molecule has 0 bridgehead atoms. The quantitative estimate of drug-likeness (QED) is 0.583. The molecule has 3 aromatic rings. The van der Waals surface area contributed by atoms with Gasteiger partial charge in [-0.25, -0.2) is 4.79 Å². The fourth-order valence-corrected chi connectivity index (χ4v) is 4.19. The molecule has 2 aliphatic heterocycles. The molecule has 0 aliphatic carbocycles. The summed E-state index contributed by atoms with van der Waals surface area (Å²) in [6.07, 6.45) is -5.17. The van der Waals surface area contributed by atoms with Crippen LogP contribution in [0.15, 0.2) is 53.3 Å². The van der Waals surface area contributed by atoms with Crippen molar-refractivity contribution in [1.82, 2.24) is 4.98 Å². The number of fused-ring (bicyclic) bond motifs is 1. The second kappa shape index (κ2) is 7.57. The van der Waals surface area contributed by atoms with Crippen molar-refractivity contribution in [3.8, 4) is 11.3 Å². The third-order valence-electron chi connectivity index (χ3n) is 6.00. The number of halogens is 3. The molecule has 2 fully saturated rings. The molecule has 0 radical (unpaired) electrons. The molecule has 0 saturated carbocycles. The van der Waals surface area contributed by atoms with Crippen LogP contribution >= 0.6 is 0 Å². The predicted octanol–water partition coefficient (Wildman–Crippen LogP) is 4.69. The molecule has 1 spiro atoms. The number of amides is 1. The number of carbonyl (C=O) groups excluding carboxylic acids is 1. The normalized spacial score (nSPS) is 19.6. The maximum absolute atomic E-state index is 13.4. The Kier molecular flexibility index (Phi) is 4.99. The summed E-state index contributed by atoms with van der Waals surface area (Å²) in [5.41, 5.74) is -2.01. The highest BCUT2D eigenvalue weighted by Crippen LogP contribution is 2.37. The number of alkyl halides is 3. The van der Waals surface area contributed by atoms with Gasteiger partial charge in [-0.15, -0.1) is 0 Å². The van der Waals surface area contributed by atoms with E-state index in [4.69, 9.17) is 14.2 Å². The zero-order chi connectivity index (χ0) is 24.3. The molecule has 1 N–H and O–H groups in total. The van der Waals surface area contributed by atoms with E-state index in [1.807, 2.05) is 0 Å². The largest absolute Gasteiger partial charge is 0.436 e. The Bertz CT molecular complexity index is 1340. The van der Waals surface area contributed by atoms with Crippen LogP contribution in [0, 0.1) is 0 Å². The number of anilines is 1. The lowest BCUT2D eigenvalue weighted by atomic mass is 10.0. The number of ether oxygens (including phenoxy) is 3. The Labute approximate surface area is 192 Å². The van der Waals surface area contributed by atoms with Crippen molar-refractivity contribution in [3.63, 3.8) is 0 Å². The summed E-state index contributed by atoms with van der Waals surface area (Å²) in [6.45, 7) is 4.04. The number of aromatic nitrogens is 1. The summed E-state index contributed by atoms with van der Waals surface area (Å²) in [5, 5.41) is 0.671. The van der Waals surface area contributed by atoms with Gasteiger partial charge in [-0.1, -0.05) is 24.3 Å². The average Bonchev–Trinajstić information content (AvgIpc) is 3.11. The van der Waals surface area contributed by atoms with Gasteiger partial charge in [-0.2, -0.15) is 13.2 Å². The lowest BCUT2D eigenvalue weighted by Crippen LogP contribution is -2.53. The highest BCUT2D eigenvalue weighted by Gasteiger charge is 2.51. The number of hydrogen-bond donors (Lipinski definition) is 1. The van der Waals surface area contributed by atoms with E-state index in [9.17, 15) is 22.8 Å². The molecule has 0 unspecified atom stereocenters. The van der Waals surface area contributed by atoms with Crippen LogP contribution in [0.4, 0.5) is 23.7 Å². The van der Waals surface area contributed by atoms with Crippen LogP contribution in [0.25, 0.3) is 22.0 Å². The maximum atomic E-state index is 13.4. The standard InChI is InChI=1S/C24H21F3N2O5/c1-22(2)32-12-23(13-33-22)11-29(21(31)34-23)15-8-7-14-9-19(28-20(30)17(14)10-15)16-5-3-4-6-18(16)24(25,26)27/h3-10H,11-13H2,1-2H3,(H,28,30). The van der Waals surface area contributed by atoms with Crippen LogP contribution in [-0.2, 0) is 20.4 Å². The number of carbonyl (C=O) groups is 1. The molecule has 3 heterocycles. The second-order valence-corrected chi connectivity index (χ2v) is 8.94. The zero-order valence-electron chi connectivity index (χ0n) is 18.4. The molecular formula is C24H21F3N2O5. The highest BCUT2D eigenvalue weighted by molar-refractivity contribution is 5.95. The van der Waals surface area contributed by atoms with E-state index < -0.39 is 34.8 Å². The van der Waals surface area contributed by atoms with Crippen LogP contribution in [0.2, 0.25) is 0 Å². The van der Waals surface area contributed by atoms with E-state index in [2.05, 4.69) is 4.98 Å². The van der Waals surface area contributed by atoms with Gasteiger partial charge >= 0.3 is 12.3 Å². The topological polar surface area (TPSA) is 80.9 Å². The van der Waals surface area contributed by atoms with E-state index >= 15 is 0 Å². The molecule has 1 amide bonds. The molecule has 10 heteroatoms. The van der Waals surface area contributed by atoms with Crippen LogP contribution < -0.4 is 10.5 Å². The first-order valence-corrected chi connectivity index (χ1v) is 10.6. The Morgan fingerprint density at radius 1 is 1.00 bits per heavy atom. The Hall–Kier alpha value is -3.37. The summed E-state index contributed by atoms with van der Waals surface area (Å²) < 4.78 is 57.2. The van der Waals surface area contributed by atoms with Gasteiger partial charge in [0, 0.05) is 22.3 Å². The van der Waals surface area contributed by atoms with Crippen molar-refractivity contribution < 1.29 is 32.2 Å². The summed E-state index contributed by atoms with van der Waals surface area (Å²) in [4.78, 5) is 29.4. The molecule has 178 valence electrons. The Morgan fingerprint density at radius 3 is 2.41 bits per heavy atom. The molecule has 2 saturated heterocycles. The number of hydrogen-bond acceptors (Lipinski definition) is 5. The zero-order valence-corrected chi connectivity index (χ0v) is 18.4. The molecule has 7 nitrogen and oxygen atoms in total. The van der Waals surface area contributed by atoms with Crippen molar-refractivity contribution >= 4 is 22.6 Å². The van der Waals surface area contributed by atoms with Crippen LogP contribution in [0.3, 0.4) is 0 Å². The Morgan fingerprint density at radius 2 is 1.71 bits per heavy atom. The van der Waals surface area contributed by atoms with Crippen LogP contribution in [0.5, 0.6) is 0 Å². The second-order valence-electron chi connectivity index (χ2n) is 8.94. The first-order chi connectivity index (χ1) is 16.0.